The Morgan fingerprint density at radius 3 is 2.19 bits per heavy atom. The molecular weight excluding hydrogens is 218 g/mol. The van der Waals surface area contributed by atoms with Gasteiger partial charge in [0.1, 0.15) is 0 Å². The van der Waals surface area contributed by atoms with Crippen LogP contribution >= 0.6 is 11.6 Å². The van der Waals surface area contributed by atoms with Crippen LogP contribution in [0.2, 0.25) is 0 Å². The minimum absolute atomic E-state index is 0.456. The zero-order chi connectivity index (χ0) is 12.4. The second kappa shape index (κ2) is 5.10. The molecular formula is C14H26ClN. The van der Waals surface area contributed by atoms with Gasteiger partial charge in [0.05, 0.1) is 0 Å². The highest BCUT2D eigenvalue weighted by atomic mass is 35.5. The van der Waals surface area contributed by atoms with Gasteiger partial charge in [0.25, 0.3) is 0 Å². The van der Waals surface area contributed by atoms with Gasteiger partial charge in [-0.15, -0.1) is 0 Å². The highest BCUT2D eigenvalue weighted by Gasteiger charge is 2.37. The van der Waals surface area contributed by atoms with Gasteiger partial charge in [0, 0.05) is 18.1 Å². The fraction of sp³-hybridized carbons (Fsp3) is 0.857. The fourth-order valence-corrected chi connectivity index (χ4v) is 3.41. The molecule has 0 heterocycles. The van der Waals surface area contributed by atoms with Crippen molar-refractivity contribution in [1.82, 2.24) is 5.32 Å². The van der Waals surface area contributed by atoms with Crippen LogP contribution in [0.1, 0.15) is 53.9 Å². The van der Waals surface area contributed by atoms with E-state index in [4.69, 9.17) is 11.6 Å². The van der Waals surface area contributed by atoms with E-state index in [-0.39, 0.29) is 0 Å². The van der Waals surface area contributed by atoms with Crippen molar-refractivity contribution >= 4 is 11.6 Å². The molecule has 0 spiro atoms. The summed E-state index contributed by atoms with van der Waals surface area (Å²) in [6.07, 6.45) is 3.86. The average Bonchev–Trinajstić information content (AvgIpc) is 2.09. The maximum Gasteiger partial charge on any atom is 0.0176 e. The summed E-state index contributed by atoms with van der Waals surface area (Å²) in [6, 6.07) is 0.630. The van der Waals surface area contributed by atoms with Crippen molar-refractivity contribution in [1.29, 1.82) is 0 Å². The Morgan fingerprint density at radius 1 is 1.25 bits per heavy atom. The van der Waals surface area contributed by atoms with Crippen molar-refractivity contribution in [3.63, 3.8) is 0 Å². The Balaban J connectivity index is 2.54. The van der Waals surface area contributed by atoms with E-state index >= 15 is 0 Å². The van der Waals surface area contributed by atoms with Crippen molar-refractivity contribution < 1.29 is 0 Å². The van der Waals surface area contributed by atoms with E-state index in [1.54, 1.807) is 5.54 Å². The summed E-state index contributed by atoms with van der Waals surface area (Å²) in [5.41, 5.74) is 3.80. The molecule has 1 saturated carbocycles. The zero-order valence-corrected chi connectivity index (χ0v) is 12.1. The van der Waals surface area contributed by atoms with Crippen LogP contribution < -0.4 is 5.32 Å². The molecule has 0 unspecified atom stereocenters. The lowest BCUT2D eigenvalue weighted by Gasteiger charge is -2.45. The van der Waals surface area contributed by atoms with Crippen LogP contribution in [0, 0.1) is 10.8 Å². The zero-order valence-electron chi connectivity index (χ0n) is 11.4. The van der Waals surface area contributed by atoms with E-state index in [1.807, 2.05) is 0 Å². The number of halogens is 1. The van der Waals surface area contributed by atoms with Crippen LogP contribution in [-0.4, -0.2) is 12.6 Å². The molecule has 0 aliphatic heterocycles. The second-order valence-electron chi connectivity index (χ2n) is 6.95. The molecule has 1 aliphatic carbocycles. The van der Waals surface area contributed by atoms with Gasteiger partial charge in [-0.3, -0.25) is 0 Å². The SMILES string of the molecule is CC(=CCl)CNC1CC(C)(C)CC(C)(C)C1. The standard InChI is InChI=1S/C14H26ClN/c1-11(8-15)9-16-12-6-13(2,3)10-14(4,5)7-12/h8,12,16H,6-7,9-10H2,1-5H3. The number of hydrogen-bond acceptors (Lipinski definition) is 1. The fourth-order valence-electron chi connectivity index (χ4n) is 3.33. The maximum absolute atomic E-state index is 5.68. The predicted molar refractivity (Wildman–Crippen MR) is 72.8 cm³/mol. The summed E-state index contributed by atoms with van der Waals surface area (Å²) < 4.78 is 0. The molecule has 2 heteroatoms. The molecule has 94 valence electrons. The summed E-state index contributed by atoms with van der Waals surface area (Å²) in [5, 5.41) is 3.63. The minimum Gasteiger partial charge on any atom is -0.310 e. The molecule has 1 nitrogen and oxygen atoms in total. The van der Waals surface area contributed by atoms with Gasteiger partial charge in [0.2, 0.25) is 0 Å². The summed E-state index contributed by atoms with van der Waals surface area (Å²) in [7, 11) is 0. The van der Waals surface area contributed by atoms with E-state index in [1.165, 1.54) is 24.8 Å². The molecule has 1 fully saturated rings. The monoisotopic (exact) mass is 243 g/mol. The molecule has 0 radical (unpaired) electrons. The number of nitrogens with one attached hydrogen (secondary N) is 1. The predicted octanol–water partition coefficient (Wildman–Crippen LogP) is 4.32. The van der Waals surface area contributed by atoms with Crippen molar-refractivity contribution in [3.05, 3.63) is 11.1 Å². The molecule has 0 aromatic rings. The average molecular weight is 244 g/mol. The lowest BCUT2D eigenvalue weighted by Crippen LogP contribution is -2.44. The largest absolute Gasteiger partial charge is 0.310 e. The Kier molecular flexibility index (Phi) is 4.48. The smallest absolute Gasteiger partial charge is 0.0176 e. The third-order valence-corrected chi connectivity index (χ3v) is 3.78. The van der Waals surface area contributed by atoms with Crippen LogP contribution in [0.3, 0.4) is 0 Å². The molecule has 1 N–H and O–H groups in total. The summed E-state index contributed by atoms with van der Waals surface area (Å²) in [6.45, 7) is 12.5. The van der Waals surface area contributed by atoms with Gasteiger partial charge >= 0.3 is 0 Å². The molecule has 16 heavy (non-hydrogen) atoms. The molecule has 1 aliphatic rings. The quantitative estimate of drug-likeness (QED) is 0.778. The first-order valence-electron chi connectivity index (χ1n) is 6.23. The molecule has 1 rings (SSSR count). The molecule has 0 saturated heterocycles. The molecule has 0 bridgehead atoms. The van der Waals surface area contributed by atoms with Crippen molar-refractivity contribution in [3.8, 4) is 0 Å². The summed E-state index contributed by atoms with van der Waals surface area (Å²) >= 11 is 5.68. The topological polar surface area (TPSA) is 12.0 Å². The van der Waals surface area contributed by atoms with E-state index in [0.717, 1.165) is 6.54 Å². The van der Waals surface area contributed by atoms with E-state index in [0.29, 0.717) is 16.9 Å². The van der Waals surface area contributed by atoms with E-state index < -0.39 is 0 Å². The van der Waals surface area contributed by atoms with Crippen LogP contribution in [0.4, 0.5) is 0 Å². The minimum atomic E-state index is 0.456. The molecule has 0 amide bonds. The van der Waals surface area contributed by atoms with Crippen molar-refractivity contribution in [2.24, 2.45) is 10.8 Å². The van der Waals surface area contributed by atoms with Gasteiger partial charge in [-0.05, 0) is 42.6 Å². The van der Waals surface area contributed by atoms with Gasteiger partial charge < -0.3 is 5.32 Å². The Labute approximate surface area is 106 Å². The Hall–Kier alpha value is -0.0100. The van der Waals surface area contributed by atoms with Crippen LogP contribution in [0.5, 0.6) is 0 Å². The highest BCUT2D eigenvalue weighted by molar-refractivity contribution is 6.25. The molecule has 0 aromatic heterocycles. The Morgan fingerprint density at radius 2 is 1.75 bits per heavy atom. The first-order chi connectivity index (χ1) is 7.24. The van der Waals surface area contributed by atoms with Crippen LogP contribution in [0.15, 0.2) is 11.1 Å². The van der Waals surface area contributed by atoms with Gasteiger partial charge in [0.15, 0.2) is 0 Å². The molecule has 0 aromatic carbocycles. The van der Waals surface area contributed by atoms with Gasteiger partial charge in [-0.1, -0.05) is 39.3 Å². The first-order valence-corrected chi connectivity index (χ1v) is 6.67. The van der Waals surface area contributed by atoms with E-state index in [2.05, 4.69) is 39.9 Å². The van der Waals surface area contributed by atoms with E-state index in [9.17, 15) is 0 Å². The van der Waals surface area contributed by atoms with Crippen LogP contribution in [0.25, 0.3) is 0 Å². The number of rotatable bonds is 3. The lowest BCUT2D eigenvalue weighted by molar-refractivity contribution is 0.0863. The van der Waals surface area contributed by atoms with Crippen LogP contribution in [-0.2, 0) is 0 Å². The van der Waals surface area contributed by atoms with Gasteiger partial charge in [-0.2, -0.15) is 0 Å². The number of hydrogen-bond donors (Lipinski definition) is 1. The van der Waals surface area contributed by atoms with Crippen molar-refractivity contribution in [2.45, 2.75) is 59.9 Å². The second-order valence-corrected chi connectivity index (χ2v) is 7.16. The maximum atomic E-state index is 5.68. The highest BCUT2D eigenvalue weighted by Crippen LogP contribution is 2.45. The third kappa shape index (κ3) is 4.47. The lowest BCUT2D eigenvalue weighted by atomic mass is 9.63. The third-order valence-electron chi connectivity index (χ3n) is 3.41. The van der Waals surface area contributed by atoms with Crippen molar-refractivity contribution in [2.75, 3.05) is 6.54 Å². The normalized spacial score (nSPS) is 25.8. The first kappa shape index (κ1) is 14.1. The molecule has 0 atom stereocenters. The van der Waals surface area contributed by atoms with Gasteiger partial charge in [-0.25, -0.2) is 0 Å². The Bertz CT molecular complexity index is 250. The summed E-state index contributed by atoms with van der Waals surface area (Å²) in [4.78, 5) is 0. The summed E-state index contributed by atoms with van der Waals surface area (Å²) in [5.74, 6) is 0.